The summed E-state index contributed by atoms with van der Waals surface area (Å²) in [6.07, 6.45) is 4.47. The SMILES string of the molecule is CCC(=O)Nc1cc(-c2cn3cccc(C)c3n2)ccc1C. The third-order valence-corrected chi connectivity index (χ3v) is 3.81. The second-order valence-electron chi connectivity index (χ2n) is 5.48. The summed E-state index contributed by atoms with van der Waals surface area (Å²) in [5, 5.41) is 2.94. The van der Waals surface area contributed by atoms with E-state index in [-0.39, 0.29) is 5.91 Å². The molecule has 0 atom stereocenters. The van der Waals surface area contributed by atoms with Crippen molar-refractivity contribution < 1.29 is 4.79 Å². The summed E-state index contributed by atoms with van der Waals surface area (Å²) in [5.41, 5.74) is 5.89. The molecule has 4 nitrogen and oxygen atoms in total. The highest BCUT2D eigenvalue weighted by molar-refractivity contribution is 5.92. The number of nitrogens with zero attached hydrogens (tertiary/aromatic N) is 2. The largest absolute Gasteiger partial charge is 0.326 e. The van der Waals surface area contributed by atoms with Crippen LogP contribution in [0.15, 0.2) is 42.7 Å². The minimum Gasteiger partial charge on any atom is -0.326 e. The fourth-order valence-electron chi connectivity index (χ4n) is 2.45. The van der Waals surface area contributed by atoms with E-state index in [0.29, 0.717) is 6.42 Å². The van der Waals surface area contributed by atoms with Crippen molar-refractivity contribution in [3.63, 3.8) is 0 Å². The van der Waals surface area contributed by atoms with Crippen molar-refractivity contribution in [2.45, 2.75) is 27.2 Å². The molecule has 0 saturated carbocycles. The Morgan fingerprint density at radius 2 is 2.05 bits per heavy atom. The van der Waals surface area contributed by atoms with Crippen LogP contribution in [-0.2, 0) is 4.79 Å². The summed E-state index contributed by atoms with van der Waals surface area (Å²) in [6.45, 7) is 5.89. The van der Waals surface area contributed by atoms with Crippen LogP contribution in [0.1, 0.15) is 24.5 Å². The third-order valence-electron chi connectivity index (χ3n) is 3.81. The van der Waals surface area contributed by atoms with Gasteiger partial charge in [-0.3, -0.25) is 4.79 Å². The van der Waals surface area contributed by atoms with Crippen molar-refractivity contribution in [2.75, 3.05) is 5.32 Å². The monoisotopic (exact) mass is 293 g/mol. The number of carbonyl (C=O) groups excluding carboxylic acids is 1. The van der Waals surface area contributed by atoms with Gasteiger partial charge in [0.15, 0.2) is 0 Å². The van der Waals surface area contributed by atoms with Gasteiger partial charge < -0.3 is 9.72 Å². The molecule has 22 heavy (non-hydrogen) atoms. The number of fused-ring (bicyclic) bond motifs is 1. The first-order valence-corrected chi connectivity index (χ1v) is 7.43. The van der Waals surface area contributed by atoms with Crippen molar-refractivity contribution in [1.82, 2.24) is 9.38 Å². The number of nitrogens with one attached hydrogen (secondary N) is 1. The van der Waals surface area contributed by atoms with E-state index in [2.05, 4.69) is 5.32 Å². The molecule has 0 spiro atoms. The van der Waals surface area contributed by atoms with Crippen LogP contribution in [0.3, 0.4) is 0 Å². The molecule has 0 aliphatic heterocycles. The van der Waals surface area contributed by atoms with Gasteiger partial charge in [0.1, 0.15) is 5.65 Å². The Kier molecular flexibility index (Phi) is 3.67. The first kappa shape index (κ1) is 14.3. The zero-order valence-corrected chi connectivity index (χ0v) is 13.1. The highest BCUT2D eigenvalue weighted by Crippen LogP contribution is 2.26. The van der Waals surface area contributed by atoms with Gasteiger partial charge in [-0.1, -0.05) is 25.1 Å². The van der Waals surface area contributed by atoms with E-state index in [1.54, 1.807) is 0 Å². The van der Waals surface area contributed by atoms with E-state index >= 15 is 0 Å². The molecule has 2 heterocycles. The lowest BCUT2D eigenvalue weighted by molar-refractivity contribution is -0.115. The summed E-state index contributed by atoms with van der Waals surface area (Å²) in [7, 11) is 0. The van der Waals surface area contributed by atoms with Gasteiger partial charge in [0.05, 0.1) is 5.69 Å². The molecule has 0 aliphatic rings. The van der Waals surface area contributed by atoms with E-state index in [9.17, 15) is 4.79 Å². The Balaban J connectivity index is 2.05. The number of pyridine rings is 1. The van der Waals surface area contributed by atoms with Crippen molar-refractivity contribution >= 4 is 17.2 Å². The van der Waals surface area contributed by atoms with Gasteiger partial charge in [-0.2, -0.15) is 0 Å². The molecule has 0 fully saturated rings. The third kappa shape index (κ3) is 2.60. The number of benzene rings is 1. The fourth-order valence-corrected chi connectivity index (χ4v) is 2.45. The number of aryl methyl sites for hydroxylation is 2. The lowest BCUT2D eigenvalue weighted by atomic mass is 10.1. The number of rotatable bonds is 3. The summed E-state index contributed by atoms with van der Waals surface area (Å²) in [4.78, 5) is 16.3. The number of carbonyl (C=O) groups is 1. The van der Waals surface area contributed by atoms with Crippen molar-refractivity contribution in [2.24, 2.45) is 0 Å². The van der Waals surface area contributed by atoms with Crippen LogP contribution in [0, 0.1) is 13.8 Å². The van der Waals surface area contributed by atoms with E-state index in [4.69, 9.17) is 4.98 Å². The highest BCUT2D eigenvalue weighted by Gasteiger charge is 2.09. The van der Waals surface area contributed by atoms with Gasteiger partial charge in [0.2, 0.25) is 5.91 Å². The minimum atomic E-state index is 0.0195. The van der Waals surface area contributed by atoms with E-state index in [1.165, 1.54) is 0 Å². The Bertz CT molecular complexity index is 849. The first-order chi connectivity index (χ1) is 10.6. The molecule has 0 aliphatic carbocycles. The zero-order valence-electron chi connectivity index (χ0n) is 13.1. The maximum Gasteiger partial charge on any atom is 0.224 e. The van der Waals surface area contributed by atoms with Crippen LogP contribution >= 0.6 is 0 Å². The molecule has 0 saturated heterocycles. The topological polar surface area (TPSA) is 46.4 Å². The van der Waals surface area contributed by atoms with Crippen LogP contribution in [0.25, 0.3) is 16.9 Å². The predicted molar refractivity (Wildman–Crippen MR) is 89.0 cm³/mol. The Hall–Kier alpha value is -2.62. The number of anilines is 1. The van der Waals surface area contributed by atoms with Gasteiger partial charge in [0, 0.05) is 30.1 Å². The van der Waals surface area contributed by atoms with E-state index < -0.39 is 0 Å². The van der Waals surface area contributed by atoms with Crippen LogP contribution in [0.5, 0.6) is 0 Å². The van der Waals surface area contributed by atoms with Gasteiger partial charge in [-0.15, -0.1) is 0 Å². The molecule has 112 valence electrons. The Morgan fingerprint density at radius 1 is 1.23 bits per heavy atom. The molecule has 1 aromatic carbocycles. The summed E-state index contributed by atoms with van der Waals surface area (Å²) < 4.78 is 2.02. The van der Waals surface area contributed by atoms with Crippen molar-refractivity contribution in [3.05, 3.63) is 53.9 Å². The standard InChI is InChI=1S/C18H19N3O/c1-4-17(22)19-15-10-14(8-7-12(15)2)16-11-21-9-5-6-13(3)18(21)20-16/h5-11H,4H2,1-3H3,(H,19,22). The predicted octanol–water partition coefficient (Wildman–Crippen LogP) is 3.97. The van der Waals surface area contributed by atoms with Gasteiger partial charge >= 0.3 is 0 Å². The molecular weight excluding hydrogens is 274 g/mol. The molecular formula is C18H19N3O. The van der Waals surface area contributed by atoms with Gasteiger partial charge in [-0.05, 0) is 37.1 Å². The van der Waals surface area contributed by atoms with E-state index in [1.807, 2.05) is 67.9 Å². The number of aromatic nitrogens is 2. The first-order valence-electron chi connectivity index (χ1n) is 7.43. The van der Waals surface area contributed by atoms with Crippen molar-refractivity contribution in [1.29, 1.82) is 0 Å². The summed E-state index contributed by atoms with van der Waals surface area (Å²) in [5.74, 6) is 0.0195. The smallest absolute Gasteiger partial charge is 0.224 e. The lowest BCUT2D eigenvalue weighted by Gasteiger charge is -2.09. The average molecular weight is 293 g/mol. The molecule has 0 radical (unpaired) electrons. The maximum absolute atomic E-state index is 11.6. The van der Waals surface area contributed by atoms with E-state index in [0.717, 1.165) is 33.7 Å². The quantitative estimate of drug-likeness (QED) is 0.794. The van der Waals surface area contributed by atoms with Crippen molar-refractivity contribution in [3.8, 4) is 11.3 Å². The number of hydrogen-bond donors (Lipinski definition) is 1. The molecule has 0 bridgehead atoms. The molecule has 3 aromatic rings. The Labute approximate surface area is 129 Å². The second kappa shape index (κ2) is 5.64. The summed E-state index contributed by atoms with van der Waals surface area (Å²) >= 11 is 0. The fraction of sp³-hybridized carbons (Fsp3) is 0.222. The minimum absolute atomic E-state index is 0.0195. The van der Waals surface area contributed by atoms with Gasteiger partial charge in [-0.25, -0.2) is 4.98 Å². The number of imidazole rings is 1. The highest BCUT2D eigenvalue weighted by atomic mass is 16.1. The molecule has 3 rings (SSSR count). The second-order valence-corrected chi connectivity index (χ2v) is 5.48. The molecule has 1 amide bonds. The van der Waals surface area contributed by atoms with Gasteiger partial charge in [0.25, 0.3) is 0 Å². The lowest BCUT2D eigenvalue weighted by Crippen LogP contribution is -2.10. The zero-order chi connectivity index (χ0) is 15.7. The average Bonchev–Trinajstić information content (AvgIpc) is 2.95. The summed E-state index contributed by atoms with van der Waals surface area (Å²) in [6, 6.07) is 10.1. The number of amides is 1. The van der Waals surface area contributed by atoms with Crippen LogP contribution in [0.4, 0.5) is 5.69 Å². The Morgan fingerprint density at radius 3 is 2.77 bits per heavy atom. The molecule has 2 aromatic heterocycles. The molecule has 0 unspecified atom stereocenters. The van der Waals surface area contributed by atoms with Crippen LogP contribution < -0.4 is 5.32 Å². The normalized spacial score (nSPS) is 10.9. The number of hydrogen-bond acceptors (Lipinski definition) is 2. The maximum atomic E-state index is 11.6. The van der Waals surface area contributed by atoms with Crippen LogP contribution in [0.2, 0.25) is 0 Å². The van der Waals surface area contributed by atoms with Crippen LogP contribution in [-0.4, -0.2) is 15.3 Å². The molecule has 4 heteroatoms. The molecule has 1 N–H and O–H groups in total.